The van der Waals surface area contributed by atoms with Crippen molar-refractivity contribution in [2.45, 2.75) is 105 Å². The van der Waals surface area contributed by atoms with Crippen LogP contribution in [0.2, 0.25) is 0 Å². The fraction of sp³-hybridized carbons (Fsp3) is 0.731. The highest BCUT2D eigenvalue weighted by Crippen LogP contribution is 2.36. The number of carboxylic acid groups (broad SMARTS) is 1. The lowest BCUT2D eigenvalue weighted by Crippen LogP contribution is -2.54. The Morgan fingerprint density at radius 3 is 2.22 bits per heavy atom. The minimum atomic E-state index is -1.17. The van der Waals surface area contributed by atoms with Gasteiger partial charge in [-0.15, -0.1) is 0 Å². The van der Waals surface area contributed by atoms with Gasteiger partial charge in [0.15, 0.2) is 5.78 Å². The molecule has 0 aromatic carbocycles. The van der Waals surface area contributed by atoms with E-state index >= 15 is 0 Å². The summed E-state index contributed by atoms with van der Waals surface area (Å²) in [6, 6.07) is -2.08. The average molecular weight is 510 g/mol. The van der Waals surface area contributed by atoms with Gasteiger partial charge in [0, 0.05) is 25.1 Å². The molecule has 0 saturated carbocycles. The second-order valence-electron chi connectivity index (χ2n) is 11.5. The van der Waals surface area contributed by atoms with Gasteiger partial charge < -0.3 is 25.6 Å². The number of rotatable bonds is 11. The van der Waals surface area contributed by atoms with Crippen molar-refractivity contribution >= 4 is 29.5 Å². The van der Waals surface area contributed by atoms with E-state index in [1.54, 1.807) is 41.5 Å². The Hall–Kier alpha value is -2.91. The second kappa shape index (κ2) is 12.9. The number of ether oxygens (including phenoxy) is 1. The molecule has 0 saturated heterocycles. The molecule has 1 aliphatic carbocycles. The monoisotopic (exact) mass is 509 g/mol. The number of nitrogens with one attached hydrogen (secondary N) is 2. The van der Waals surface area contributed by atoms with Crippen LogP contribution in [0.3, 0.4) is 0 Å². The van der Waals surface area contributed by atoms with Crippen LogP contribution in [0.15, 0.2) is 16.3 Å². The number of aliphatic carboxylic acids is 1. The van der Waals surface area contributed by atoms with Crippen LogP contribution in [0.4, 0.5) is 4.79 Å². The highest BCUT2D eigenvalue weighted by Gasteiger charge is 2.34. The number of alkyl carbamates (subject to hydrolysis) is 1. The SMILES string of the molecule is CC(=NCCCC[C@H](NC(=O)[C@@H](NC(=O)OC(C)(C)C)C(C)C)C(=O)O)C1=C(O)CC(C)(C)CC1=O. The maximum atomic E-state index is 12.7. The van der Waals surface area contributed by atoms with Gasteiger partial charge in [-0.2, -0.15) is 0 Å². The zero-order valence-electron chi connectivity index (χ0n) is 22.9. The smallest absolute Gasteiger partial charge is 0.408 e. The van der Waals surface area contributed by atoms with E-state index in [4.69, 9.17) is 4.74 Å². The van der Waals surface area contributed by atoms with Gasteiger partial charge in [-0.1, -0.05) is 27.7 Å². The Morgan fingerprint density at radius 1 is 1.11 bits per heavy atom. The van der Waals surface area contributed by atoms with Crippen LogP contribution in [-0.2, 0) is 19.1 Å². The highest BCUT2D eigenvalue weighted by molar-refractivity contribution is 6.22. The van der Waals surface area contributed by atoms with Crippen molar-refractivity contribution in [3.8, 4) is 0 Å². The van der Waals surface area contributed by atoms with Crippen LogP contribution >= 0.6 is 0 Å². The molecule has 0 unspecified atom stereocenters. The number of carbonyl (C=O) groups excluding carboxylic acids is 3. The van der Waals surface area contributed by atoms with Gasteiger partial charge in [0.1, 0.15) is 23.4 Å². The summed E-state index contributed by atoms with van der Waals surface area (Å²) in [6.07, 6.45) is 1.19. The molecule has 1 rings (SSSR count). The molecule has 0 aliphatic heterocycles. The van der Waals surface area contributed by atoms with Crippen molar-refractivity contribution in [2.75, 3.05) is 6.54 Å². The molecule has 36 heavy (non-hydrogen) atoms. The topological polar surface area (TPSA) is 154 Å². The highest BCUT2D eigenvalue weighted by atomic mass is 16.6. The molecule has 2 atom stereocenters. The Labute approximate surface area is 214 Å². The summed E-state index contributed by atoms with van der Waals surface area (Å²) in [5.41, 5.74) is -0.257. The van der Waals surface area contributed by atoms with Gasteiger partial charge in [0.25, 0.3) is 0 Å². The van der Waals surface area contributed by atoms with E-state index in [-0.39, 0.29) is 34.9 Å². The first-order valence-electron chi connectivity index (χ1n) is 12.4. The third kappa shape index (κ3) is 10.4. The lowest BCUT2D eigenvalue weighted by Gasteiger charge is -2.29. The molecule has 0 fully saturated rings. The van der Waals surface area contributed by atoms with E-state index in [1.165, 1.54) is 0 Å². The Bertz CT molecular complexity index is 898. The first-order chi connectivity index (χ1) is 16.4. The lowest BCUT2D eigenvalue weighted by molar-refractivity contribution is -0.142. The molecule has 10 nitrogen and oxygen atoms in total. The van der Waals surface area contributed by atoms with Gasteiger partial charge in [-0.3, -0.25) is 14.6 Å². The molecule has 0 bridgehead atoms. The first-order valence-corrected chi connectivity index (χ1v) is 12.4. The molecule has 10 heteroatoms. The molecule has 0 radical (unpaired) electrons. The standard InChI is InChI=1S/C26H43N3O7/c1-15(2)21(29-24(35)36-25(4,5)6)22(32)28-17(23(33)34)11-9-10-12-27-16(3)20-18(30)13-26(7,8)14-19(20)31/h15,17,21,30H,9-14H2,1-8H3,(H,28,32)(H,29,35)(H,33,34)/t17-,21-/m0/s1. The predicted molar refractivity (Wildman–Crippen MR) is 137 cm³/mol. The third-order valence-corrected chi connectivity index (χ3v) is 5.70. The first kappa shape index (κ1) is 31.1. The number of carbonyl (C=O) groups is 4. The summed E-state index contributed by atoms with van der Waals surface area (Å²) in [5, 5.41) is 24.9. The summed E-state index contributed by atoms with van der Waals surface area (Å²) in [4.78, 5) is 53.4. The number of hydrogen-bond acceptors (Lipinski definition) is 7. The lowest BCUT2D eigenvalue weighted by atomic mass is 9.76. The number of aliphatic hydroxyl groups is 1. The van der Waals surface area contributed by atoms with Crippen LogP contribution in [0, 0.1) is 11.3 Å². The van der Waals surface area contributed by atoms with Crippen molar-refractivity contribution < 1.29 is 34.1 Å². The van der Waals surface area contributed by atoms with Gasteiger partial charge in [0.05, 0.1) is 5.57 Å². The van der Waals surface area contributed by atoms with Gasteiger partial charge >= 0.3 is 12.1 Å². The minimum Gasteiger partial charge on any atom is -0.511 e. The Kier molecular flexibility index (Phi) is 11.1. The van der Waals surface area contributed by atoms with E-state index in [0.717, 1.165) is 0 Å². The maximum absolute atomic E-state index is 12.7. The molecule has 0 aromatic heterocycles. The summed E-state index contributed by atoms with van der Waals surface area (Å²) in [7, 11) is 0. The Morgan fingerprint density at radius 2 is 1.72 bits per heavy atom. The number of carboxylic acids is 1. The number of Topliss-reactive ketones (excluding diaryl/α,β-unsaturated/α-hetero) is 1. The quantitative estimate of drug-likeness (QED) is 0.243. The summed E-state index contributed by atoms with van der Waals surface area (Å²) in [5.74, 6) is -2.13. The number of amides is 2. The summed E-state index contributed by atoms with van der Waals surface area (Å²) >= 11 is 0. The average Bonchev–Trinajstić information content (AvgIpc) is 2.67. The normalized spacial score (nSPS) is 18.0. The molecular formula is C26H43N3O7. The molecule has 0 aromatic rings. The van der Waals surface area contributed by atoms with E-state index in [1.807, 2.05) is 13.8 Å². The van der Waals surface area contributed by atoms with Crippen LogP contribution in [0.25, 0.3) is 0 Å². The van der Waals surface area contributed by atoms with Gasteiger partial charge in [0.2, 0.25) is 5.91 Å². The number of allylic oxidation sites excluding steroid dienone is 2. The van der Waals surface area contributed by atoms with Crippen molar-refractivity contribution in [1.82, 2.24) is 10.6 Å². The van der Waals surface area contributed by atoms with Crippen molar-refractivity contribution in [3.63, 3.8) is 0 Å². The zero-order chi connectivity index (χ0) is 27.8. The predicted octanol–water partition coefficient (Wildman–Crippen LogP) is 3.94. The summed E-state index contributed by atoms with van der Waals surface area (Å²) < 4.78 is 5.20. The molecule has 2 amide bonds. The third-order valence-electron chi connectivity index (χ3n) is 5.70. The van der Waals surface area contributed by atoms with Crippen LogP contribution in [-0.4, -0.2) is 63.9 Å². The van der Waals surface area contributed by atoms with Crippen LogP contribution in [0.1, 0.15) is 87.5 Å². The number of unbranched alkanes of at least 4 members (excludes halogenated alkanes) is 1. The number of hydrogen-bond donors (Lipinski definition) is 4. The zero-order valence-corrected chi connectivity index (χ0v) is 22.9. The van der Waals surface area contributed by atoms with Crippen molar-refractivity contribution in [2.24, 2.45) is 16.3 Å². The van der Waals surface area contributed by atoms with Gasteiger partial charge in [-0.05, 0) is 58.3 Å². The number of aliphatic hydroxyl groups excluding tert-OH is 1. The number of aliphatic imine (C=N–C) groups is 1. The van der Waals surface area contributed by atoms with E-state index in [0.29, 0.717) is 37.9 Å². The fourth-order valence-electron chi connectivity index (χ4n) is 3.97. The minimum absolute atomic E-state index is 0.0610. The molecular weight excluding hydrogens is 466 g/mol. The van der Waals surface area contributed by atoms with Crippen LogP contribution < -0.4 is 10.6 Å². The Balaban J connectivity index is 2.67. The van der Waals surface area contributed by atoms with E-state index in [9.17, 15) is 29.4 Å². The van der Waals surface area contributed by atoms with Crippen molar-refractivity contribution in [1.29, 1.82) is 0 Å². The molecule has 1 aliphatic rings. The maximum Gasteiger partial charge on any atom is 0.408 e. The van der Waals surface area contributed by atoms with E-state index < -0.39 is 35.7 Å². The largest absolute Gasteiger partial charge is 0.511 e. The van der Waals surface area contributed by atoms with Crippen LogP contribution in [0.5, 0.6) is 0 Å². The van der Waals surface area contributed by atoms with Gasteiger partial charge in [-0.25, -0.2) is 9.59 Å². The molecule has 0 heterocycles. The van der Waals surface area contributed by atoms with E-state index in [2.05, 4.69) is 15.6 Å². The number of nitrogens with zero attached hydrogens (tertiary/aromatic N) is 1. The second-order valence-corrected chi connectivity index (χ2v) is 11.5. The molecule has 4 N–H and O–H groups in total. The van der Waals surface area contributed by atoms with Crippen molar-refractivity contribution in [3.05, 3.63) is 11.3 Å². The summed E-state index contributed by atoms with van der Waals surface area (Å²) in [6.45, 7) is 14.5. The molecule has 0 spiro atoms. The number of ketones is 1. The fourth-order valence-corrected chi connectivity index (χ4v) is 3.97. The molecule has 204 valence electrons.